The van der Waals surface area contributed by atoms with E-state index >= 15 is 0 Å². The summed E-state index contributed by atoms with van der Waals surface area (Å²) in [5.41, 5.74) is 1.17. The average Bonchev–Trinajstić information content (AvgIpc) is 2.60. The van der Waals surface area contributed by atoms with Gasteiger partial charge in [-0.2, -0.15) is 5.10 Å². The Labute approximate surface area is 98.2 Å². The van der Waals surface area contributed by atoms with Gasteiger partial charge in [-0.1, -0.05) is 26.7 Å². The molecule has 3 heteroatoms. The lowest BCUT2D eigenvalue weighted by molar-refractivity contribution is 0.357. The number of nitrogens with zero attached hydrogens (tertiary/aromatic N) is 2. The monoisotopic (exact) mass is 221 g/mol. The van der Waals surface area contributed by atoms with Crippen LogP contribution in [-0.4, -0.2) is 15.8 Å². The van der Waals surface area contributed by atoms with E-state index in [2.05, 4.69) is 30.3 Å². The zero-order valence-corrected chi connectivity index (χ0v) is 10.7. The van der Waals surface area contributed by atoms with E-state index in [0.717, 1.165) is 12.3 Å². The van der Waals surface area contributed by atoms with Gasteiger partial charge in [0.15, 0.2) is 0 Å². The van der Waals surface area contributed by atoms with Crippen molar-refractivity contribution in [2.24, 2.45) is 13.0 Å². The molecule has 2 unspecified atom stereocenters. The Kier molecular flexibility index (Phi) is 3.52. The predicted molar refractivity (Wildman–Crippen MR) is 67.6 cm³/mol. The highest BCUT2D eigenvalue weighted by molar-refractivity contribution is 5.38. The highest BCUT2D eigenvalue weighted by atomic mass is 15.3. The van der Waals surface area contributed by atoms with Gasteiger partial charge in [0, 0.05) is 19.2 Å². The van der Waals surface area contributed by atoms with Crippen LogP contribution in [0.2, 0.25) is 0 Å². The van der Waals surface area contributed by atoms with Crippen LogP contribution in [0.25, 0.3) is 0 Å². The molecule has 2 rings (SSSR count). The number of aryl methyl sites for hydroxylation is 2. The molecule has 0 aromatic carbocycles. The Balaban J connectivity index is 1.99. The highest BCUT2D eigenvalue weighted by Crippen LogP contribution is 2.26. The van der Waals surface area contributed by atoms with Gasteiger partial charge in [0.2, 0.25) is 0 Å². The molecule has 1 heterocycles. The summed E-state index contributed by atoms with van der Waals surface area (Å²) in [4.78, 5) is 0. The maximum Gasteiger partial charge on any atom is 0.124 e. The van der Waals surface area contributed by atoms with Gasteiger partial charge >= 0.3 is 0 Å². The summed E-state index contributed by atoms with van der Waals surface area (Å²) in [6, 6.07) is 2.82. The molecule has 0 bridgehead atoms. The summed E-state index contributed by atoms with van der Waals surface area (Å²) in [5.74, 6) is 2.04. The van der Waals surface area contributed by atoms with E-state index < -0.39 is 0 Å². The van der Waals surface area contributed by atoms with E-state index in [-0.39, 0.29) is 0 Å². The van der Waals surface area contributed by atoms with Crippen LogP contribution >= 0.6 is 0 Å². The Bertz CT molecular complexity index is 343. The molecule has 1 aromatic heterocycles. The topological polar surface area (TPSA) is 29.9 Å². The van der Waals surface area contributed by atoms with Crippen molar-refractivity contribution >= 4 is 5.82 Å². The molecule has 1 aliphatic carbocycles. The molecule has 0 amide bonds. The lowest BCUT2D eigenvalue weighted by Crippen LogP contribution is -2.27. The Morgan fingerprint density at radius 2 is 2.31 bits per heavy atom. The van der Waals surface area contributed by atoms with Crippen molar-refractivity contribution in [2.75, 3.05) is 5.32 Å². The van der Waals surface area contributed by atoms with E-state index in [1.165, 1.54) is 37.2 Å². The zero-order chi connectivity index (χ0) is 11.5. The number of aromatic nitrogens is 2. The van der Waals surface area contributed by atoms with E-state index in [1.807, 2.05) is 11.7 Å². The number of hydrogen-bond donors (Lipinski definition) is 1. The van der Waals surface area contributed by atoms with Crippen molar-refractivity contribution in [2.45, 2.75) is 52.0 Å². The SMILES string of the molecule is CCc1cc(NC2CCCC(C)C2)n(C)n1. The molecule has 0 saturated heterocycles. The van der Waals surface area contributed by atoms with Gasteiger partial charge in [-0.25, -0.2) is 0 Å². The molecule has 0 spiro atoms. The quantitative estimate of drug-likeness (QED) is 0.850. The number of nitrogens with one attached hydrogen (secondary N) is 1. The maximum absolute atomic E-state index is 4.47. The minimum atomic E-state index is 0.642. The van der Waals surface area contributed by atoms with Gasteiger partial charge in [-0.3, -0.25) is 4.68 Å². The summed E-state index contributed by atoms with van der Waals surface area (Å²) in [5, 5.41) is 8.10. The molecule has 1 N–H and O–H groups in total. The fraction of sp³-hybridized carbons (Fsp3) is 0.769. The predicted octanol–water partition coefficient (Wildman–Crippen LogP) is 2.97. The van der Waals surface area contributed by atoms with E-state index in [4.69, 9.17) is 0 Å². The second-order valence-electron chi connectivity index (χ2n) is 5.11. The molecular weight excluding hydrogens is 198 g/mol. The van der Waals surface area contributed by atoms with Crippen molar-refractivity contribution in [1.82, 2.24) is 9.78 Å². The molecule has 1 aliphatic rings. The van der Waals surface area contributed by atoms with Gasteiger partial charge in [-0.15, -0.1) is 0 Å². The zero-order valence-electron chi connectivity index (χ0n) is 10.7. The first-order chi connectivity index (χ1) is 7.69. The molecule has 1 fully saturated rings. The largest absolute Gasteiger partial charge is 0.368 e. The van der Waals surface area contributed by atoms with Crippen molar-refractivity contribution in [3.8, 4) is 0 Å². The van der Waals surface area contributed by atoms with Crippen LogP contribution in [0.15, 0.2) is 6.07 Å². The standard InChI is InChI=1S/C13H23N3/c1-4-11-9-13(16(3)15-11)14-12-7-5-6-10(2)8-12/h9-10,12,14H,4-8H2,1-3H3. The van der Waals surface area contributed by atoms with Crippen LogP contribution in [0.4, 0.5) is 5.82 Å². The normalized spacial score (nSPS) is 25.7. The molecule has 2 atom stereocenters. The lowest BCUT2D eigenvalue weighted by Gasteiger charge is -2.28. The molecule has 16 heavy (non-hydrogen) atoms. The Hall–Kier alpha value is -0.990. The fourth-order valence-corrected chi connectivity index (χ4v) is 2.61. The lowest BCUT2D eigenvalue weighted by atomic mass is 9.87. The molecule has 90 valence electrons. The molecular formula is C13H23N3. The first-order valence-electron chi connectivity index (χ1n) is 6.48. The van der Waals surface area contributed by atoms with Crippen LogP contribution in [-0.2, 0) is 13.5 Å². The Morgan fingerprint density at radius 1 is 1.50 bits per heavy atom. The van der Waals surface area contributed by atoms with Crippen LogP contribution < -0.4 is 5.32 Å². The molecule has 0 aliphatic heterocycles. The van der Waals surface area contributed by atoms with Crippen LogP contribution in [0.3, 0.4) is 0 Å². The summed E-state index contributed by atoms with van der Waals surface area (Å²) >= 11 is 0. The van der Waals surface area contributed by atoms with Crippen LogP contribution in [0.5, 0.6) is 0 Å². The third-order valence-electron chi connectivity index (χ3n) is 3.58. The summed E-state index contributed by atoms with van der Waals surface area (Å²) < 4.78 is 1.97. The van der Waals surface area contributed by atoms with E-state index in [1.54, 1.807) is 0 Å². The van der Waals surface area contributed by atoms with Gasteiger partial charge in [-0.05, 0) is 25.2 Å². The first kappa shape index (κ1) is 11.5. The summed E-state index contributed by atoms with van der Waals surface area (Å²) in [7, 11) is 2.02. The Morgan fingerprint density at radius 3 is 2.94 bits per heavy atom. The van der Waals surface area contributed by atoms with Gasteiger partial charge in [0.05, 0.1) is 5.69 Å². The van der Waals surface area contributed by atoms with Gasteiger partial charge < -0.3 is 5.32 Å². The molecule has 1 aromatic rings. The van der Waals surface area contributed by atoms with Crippen molar-refractivity contribution in [1.29, 1.82) is 0 Å². The van der Waals surface area contributed by atoms with Crippen molar-refractivity contribution in [3.63, 3.8) is 0 Å². The smallest absolute Gasteiger partial charge is 0.124 e. The summed E-state index contributed by atoms with van der Waals surface area (Å²) in [6.07, 6.45) is 6.36. The van der Waals surface area contributed by atoms with Gasteiger partial charge in [0.25, 0.3) is 0 Å². The number of rotatable bonds is 3. The summed E-state index contributed by atoms with van der Waals surface area (Å²) in [6.45, 7) is 4.50. The second kappa shape index (κ2) is 4.89. The molecule has 0 radical (unpaired) electrons. The molecule has 1 saturated carbocycles. The van der Waals surface area contributed by atoms with Crippen molar-refractivity contribution in [3.05, 3.63) is 11.8 Å². The van der Waals surface area contributed by atoms with Crippen LogP contribution in [0, 0.1) is 5.92 Å². The average molecular weight is 221 g/mol. The third-order valence-corrected chi connectivity index (χ3v) is 3.58. The van der Waals surface area contributed by atoms with E-state index in [9.17, 15) is 0 Å². The third kappa shape index (κ3) is 2.57. The first-order valence-corrected chi connectivity index (χ1v) is 6.48. The highest BCUT2D eigenvalue weighted by Gasteiger charge is 2.19. The molecule has 3 nitrogen and oxygen atoms in total. The maximum atomic E-state index is 4.47. The minimum absolute atomic E-state index is 0.642. The fourth-order valence-electron chi connectivity index (χ4n) is 2.61. The van der Waals surface area contributed by atoms with Gasteiger partial charge in [0.1, 0.15) is 5.82 Å². The number of anilines is 1. The number of hydrogen-bond acceptors (Lipinski definition) is 2. The van der Waals surface area contributed by atoms with E-state index in [0.29, 0.717) is 6.04 Å². The van der Waals surface area contributed by atoms with Crippen LogP contribution in [0.1, 0.15) is 45.2 Å². The second-order valence-corrected chi connectivity index (χ2v) is 5.11. The van der Waals surface area contributed by atoms with Crippen molar-refractivity contribution < 1.29 is 0 Å². The minimum Gasteiger partial charge on any atom is -0.368 e.